The molecule has 0 bridgehead atoms. The van der Waals surface area contributed by atoms with E-state index in [0.29, 0.717) is 34.7 Å². The minimum atomic E-state index is -1.10. The average Bonchev–Trinajstić information content (AvgIpc) is 3.08. The number of halogens is 2. The third-order valence-corrected chi connectivity index (χ3v) is 4.40. The van der Waals surface area contributed by atoms with Crippen molar-refractivity contribution in [3.63, 3.8) is 0 Å². The molecule has 0 aliphatic rings. The normalized spacial score (nSPS) is 12.3. The Morgan fingerprint density at radius 2 is 1.76 bits per heavy atom. The van der Waals surface area contributed by atoms with Gasteiger partial charge in [-0.1, -0.05) is 53.5 Å². The van der Waals surface area contributed by atoms with Gasteiger partial charge < -0.3 is 14.8 Å². The van der Waals surface area contributed by atoms with Gasteiger partial charge in [0.05, 0.1) is 0 Å². The summed E-state index contributed by atoms with van der Waals surface area (Å²) in [7, 11) is 0. The molecule has 130 valence electrons. The smallest absolute Gasteiger partial charge is 0.161 e. The van der Waals surface area contributed by atoms with E-state index in [9.17, 15) is 5.11 Å². The van der Waals surface area contributed by atoms with Gasteiger partial charge in [-0.3, -0.25) is 5.73 Å². The molecule has 0 fully saturated rings. The molecular weight excluding hydrogens is 359 g/mol. The lowest BCUT2D eigenvalue weighted by molar-refractivity contribution is 0.158. The molecule has 0 saturated heterocycles. The zero-order valence-electron chi connectivity index (χ0n) is 13.4. The first kappa shape index (κ1) is 18.0. The molecule has 0 aliphatic carbocycles. The third kappa shape index (κ3) is 4.63. The van der Waals surface area contributed by atoms with Gasteiger partial charge in [-0.15, -0.1) is 0 Å². The number of nitrogens with one attached hydrogen (secondary N) is 1. The van der Waals surface area contributed by atoms with Gasteiger partial charge in [0.2, 0.25) is 0 Å². The average molecular weight is 377 g/mol. The van der Waals surface area contributed by atoms with Gasteiger partial charge in [0.15, 0.2) is 6.23 Å². The summed E-state index contributed by atoms with van der Waals surface area (Å²) in [5.74, 6) is 1.02. The van der Waals surface area contributed by atoms with Crippen molar-refractivity contribution in [1.29, 1.82) is 0 Å². The minimum absolute atomic E-state index is 0.348. The number of aliphatic hydroxyl groups is 1. The van der Waals surface area contributed by atoms with Gasteiger partial charge in [-0.2, -0.15) is 0 Å². The van der Waals surface area contributed by atoms with Crippen LogP contribution in [0.25, 0.3) is 11.3 Å². The maximum absolute atomic E-state index is 9.31. The summed E-state index contributed by atoms with van der Waals surface area (Å²) in [6.07, 6.45) is -1.10. The van der Waals surface area contributed by atoms with Crippen molar-refractivity contribution in [3.8, 4) is 11.3 Å². The third-order valence-electron chi connectivity index (χ3n) is 3.82. The van der Waals surface area contributed by atoms with Crippen LogP contribution in [0.5, 0.6) is 0 Å². The fraction of sp³-hybridized carbons (Fsp3) is 0.158. The molecule has 3 aromatic rings. The topological polar surface area (TPSA) is 71.4 Å². The monoisotopic (exact) mass is 376 g/mol. The molecule has 0 saturated carbocycles. The summed E-state index contributed by atoms with van der Waals surface area (Å²) < 4.78 is 5.52. The first-order valence-electron chi connectivity index (χ1n) is 7.80. The van der Waals surface area contributed by atoms with Gasteiger partial charge >= 0.3 is 0 Å². The summed E-state index contributed by atoms with van der Waals surface area (Å²) in [5.41, 5.74) is 8.46. The van der Waals surface area contributed by atoms with Crippen LogP contribution < -0.4 is 11.1 Å². The Hall–Kier alpha value is -1.82. The first-order chi connectivity index (χ1) is 12.0. The molecule has 0 amide bonds. The SMILES string of the molecule is NC(O)c1ccc(-c2ccc(CNCc3ccc(Cl)cc3Cl)cc2)o1. The van der Waals surface area contributed by atoms with Gasteiger partial charge in [0.1, 0.15) is 11.5 Å². The van der Waals surface area contributed by atoms with Crippen LogP contribution in [0.1, 0.15) is 23.1 Å². The molecule has 1 unspecified atom stereocenters. The molecular formula is C19H18Cl2N2O2. The van der Waals surface area contributed by atoms with E-state index in [-0.39, 0.29) is 0 Å². The van der Waals surface area contributed by atoms with Crippen molar-refractivity contribution in [2.45, 2.75) is 19.3 Å². The number of hydrogen-bond acceptors (Lipinski definition) is 4. The fourth-order valence-electron chi connectivity index (χ4n) is 2.46. The molecule has 6 heteroatoms. The highest BCUT2D eigenvalue weighted by molar-refractivity contribution is 6.35. The summed E-state index contributed by atoms with van der Waals surface area (Å²) in [6.45, 7) is 1.37. The minimum Gasteiger partial charge on any atom is -0.457 e. The quantitative estimate of drug-likeness (QED) is 0.554. The number of furan rings is 1. The predicted octanol–water partition coefficient (Wildman–Crippen LogP) is 4.49. The lowest BCUT2D eigenvalue weighted by atomic mass is 10.1. The second-order valence-corrected chi connectivity index (χ2v) is 6.53. The maximum Gasteiger partial charge on any atom is 0.161 e. The predicted molar refractivity (Wildman–Crippen MR) is 100 cm³/mol. The highest BCUT2D eigenvalue weighted by Gasteiger charge is 2.09. The van der Waals surface area contributed by atoms with Crippen LogP contribution >= 0.6 is 23.2 Å². The molecule has 0 radical (unpaired) electrons. The standard InChI is InChI=1S/C19H18Cl2N2O2/c20-15-6-5-14(16(21)9-15)11-23-10-12-1-3-13(4-2-12)17-7-8-18(25-17)19(22)24/h1-9,19,23-24H,10-11,22H2. The largest absolute Gasteiger partial charge is 0.457 e. The highest BCUT2D eigenvalue weighted by Crippen LogP contribution is 2.24. The molecule has 1 aromatic heterocycles. The fourth-order valence-corrected chi connectivity index (χ4v) is 2.94. The lowest BCUT2D eigenvalue weighted by Gasteiger charge is -2.08. The van der Waals surface area contributed by atoms with E-state index < -0.39 is 6.23 Å². The van der Waals surface area contributed by atoms with Crippen LogP contribution in [0.4, 0.5) is 0 Å². The number of aliphatic hydroxyl groups excluding tert-OH is 1. The van der Waals surface area contributed by atoms with Crippen molar-refractivity contribution in [3.05, 3.63) is 81.5 Å². The van der Waals surface area contributed by atoms with Crippen molar-refractivity contribution >= 4 is 23.2 Å². The molecule has 0 spiro atoms. The Bertz CT molecular complexity index is 845. The summed E-state index contributed by atoms with van der Waals surface area (Å²) in [5, 5.41) is 14.0. The zero-order valence-corrected chi connectivity index (χ0v) is 14.9. The van der Waals surface area contributed by atoms with E-state index in [1.165, 1.54) is 0 Å². The number of hydrogen-bond donors (Lipinski definition) is 3. The van der Waals surface area contributed by atoms with E-state index in [2.05, 4.69) is 5.32 Å². The molecule has 1 heterocycles. The maximum atomic E-state index is 9.31. The number of rotatable bonds is 6. The molecule has 1 atom stereocenters. The van der Waals surface area contributed by atoms with Gasteiger partial charge in [0.25, 0.3) is 0 Å². The van der Waals surface area contributed by atoms with Crippen molar-refractivity contribution < 1.29 is 9.52 Å². The summed E-state index contributed by atoms with van der Waals surface area (Å²) in [6, 6.07) is 16.9. The summed E-state index contributed by atoms with van der Waals surface area (Å²) in [4.78, 5) is 0. The van der Waals surface area contributed by atoms with Crippen molar-refractivity contribution in [2.24, 2.45) is 5.73 Å². The molecule has 4 N–H and O–H groups in total. The van der Waals surface area contributed by atoms with Crippen molar-refractivity contribution in [2.75, 3.05) is 0 Å². The van der Waals surface area contributed by atoms with Crippen LogP contribution in [-0.4, -0.2) is 5.11 Å². The Morgan fingerprint density at radius 1 is 1.00 bits per heavy atom. The lowest BCUT2D eigenvalue weighted by Crippen LogP contribution is -2.12. The van der Waals surface area contributed by atoms with Crippen LogP contribution in [-0.2, 0) is 13.1 Å². The van der Waals surface area contributed by atoms with Crippen LogP contribution in [0.3, 0.4) is 0 Å². The zero-order chi connectivity index (χ0) is 17.8. The highest BCUT2D eigenvalue weighted by atomic mass is 35.5. The van der Waals surface area contributed by atoms with Crippen LogP contribution in [0.2, 0.25) is 10.0 Å². The van der Waals surface area contributed by atoms with E-state index >= 15 is 0 Å². The molecule has 0 aliphatic heterocycles. The van der Waals surface area contributed by atoms with E-state index in [1.54, 1.807) is 18.2 Å². The molecule has 4 nitrogen and oxygen atoms in total. The van der Waals surface area contributed by atoms with Crippen LogP contribution in [0.15, 0.2) is 59.0 Å². The molecule has 25 heavy (non-hydrogen) atoms. The number of benzene rings is 2. The second-order valence-electron chi connectivity index (χ2n) is 5.68. The van der Waals surface area contributed by atoms with Gasteiger partial charge in [0, 0.05) is 28.7 Å². The summed E-state index contributed by atoms with van der Waals surface area (Å²) >= 11 is 12.1. The molecule has 2 aromatic carbocycles. The van der Waals surface area contributed by atoms with E-state index in [1.807, 2.05) is 36.4 Å². The van der Waals surface area contributed by atoms with E-state index in [0.717, 1.165) is 16.7 Å². The molecule has 3 rings (SSSR count). The second kappa shape index (κ2) is 8.04. The Labute approximate surface area is 156 Å². The van der Waals surface area contributed by atoms with Crippen molar-refractivity contribution in [1.82, 2.24) is 5.32 Å². The van der Waals surface area contributed by atoms with E-state index in [4.69, 9.17) is 33.4 Å². The van der Waals surface area contributed by atoms with Crippen LogP contribution in [0, 0.1) is 0 Å². The van der Waals surface area contributed by atoms with Gasteiger partial charge in [-0.05, 0) is 35.4 Å². The Morgan fingerprint density at radius 3 is 2.40 bits per heavy atom. The Kier molecular flexibility index (Phi) is 5.78. The first-order valence-corrected chi connectivity index (χ1v) is 8.56. The number of nitrogens with two attached hydrogens (primary N) is 1. The Balaban J connectivity index is 1.58. The van der Waals surface area contributed by atoms with Gasteiger partial charge in [-0.25, -0.2) is 0 Å².